The molecule has 2 heterocycles. The number of aromatic nitrogens is 1. The van der Waals surface area contributed by atoms with Gasteiger partial charge in [0.15, 0.2) is 9.84 Å². The molecule has 0 aromatic carbocycles. The SMILES string of the molecule is CCNCc1ccncc1N1CCCS(=O)(=O)CC1. The third-order valence-corrected chi connectivity index (χ3v) is 5.06. The molecule has 2 rings (SSSR count). The zero-order valence-electron chi connectivity index (χ0n) is 11.3. The van der Waals surface area contributed by atoms with Crippen LogP contribution in [0.1, 0.15) is 18.9 Å². The predicted octanol–water partition coefficient (Wildman–Crippen LogP) is 0.816. The van der Waals surface area contributed by atoms with Crippen molar-refractivity contribution in [3.8, 4) is 0 Å². The minimum atomic E-state index is -2.87. The Kier molecular flexibility index (Phi) is 4.76. The standard InChI is InChI=1S/C13H21N3O2S/c1-2-14-10-12-4-5-15-11-13(12)16-6-3-8-19(17,18)9-7-16/h4-5,11,14H,2-3,6-10H2,1H3. The highest BCUT2D eigenvalue weighted by Crippen LogP contribution is 2.21. The van der Waals surface area contributed by atoms with Gasteiger partial charge in [-0.05, 0) is 24.6 Å². The molecule has 106 valence electrons. The summed E-state index contributed by atoms with van der Waals surface area (Å²) in [7, 11) is -2.87. The summed E-state index contributed by atoms with van der Waals surface area (Å²) in [5.74, 6) is 0.537. The van der Waals surface area contributed by atoms with Crippen LogP contribution in [-0.2, 0) is 16.4 Å². The highest BCUT2D eigenvalue weighted by molar-refractivity contribution is 7.91. The molecule has 5 nitrogen and oxygen atoms in total. The van der Waals surface area contributed by atoms with Crippen molar-refractivity contribution in [3.05, 3.63) is 24.0 Å². The maximum Gasteiger partial charge on any atom is 0.152 e. The first-order valence-electron chi connectivity index (χ1n) is 6.71. The quantitative estimate of drug-likeness (QED) is 0.886. The highest BCUT2D eigenvalue weighted by Gasteiger charge is 2.20. The second kappa shape index (κ2) is 6.34. The molecule has 0 saturated carbocycles. The Bertz CT molecular complexity index is 516. The van der Waals surface area contributed by atoms with Crippen LogP contribution in [0.4, 0.5) is 5.69 Å². The fraction of sp³-hybridized carbons (Fsp3) is 0.615. The summed E-state index contributed by atoms with van der Waals surface area (Å²) < 4.78 is 23.3. The van der Waals surface area contributed by atoms with Crippen LogP contribution in [0.2, 0.25) is 0 Å². The summed E-state index contributed by atoms with van der Waals surface area (Å²) in [6.45, 7) is 5.12. The molecule has 0 atom stereocenters. The lowest BCUT2D eigenvalue weighted by Gasteiger charge is -2.24. The summed E-state index contributed by atoms with van der Waals surface area (Å²) in [6, 6.07) is 2.00. The first-order chi connectivity index (χ1) is 9.12. The maximum absolute atomic E-state index is 11.6. The monoisotopic (exact) mass is 283 g/mol. The van der Waals surface area contributed by atoms with Gasteiger partial charge in [0.25, 0.3) is 0 Å². The Morgan fingerprint density at radius 2 is 2.21 bits per heavy atom. The largest absolute Gasteiger partial charge is 0.369 e. The number of sulfone groups is 1. The smallest absolute Gasteiger partial charge is 0.152 e. The first-order valence-corrected chi connectivity index (χ1v) is 8.53. The van der Waals surface area contributed by atoms with Crippen LogP contribution in [0.5, 0.6) is 0 Å². The van der Waals surface area contributed by atoms with Gasteiger partial charge in [-0.3, -0.25) is 4.98 Å². The Morgan fingerprint density at radius 3 is 3.00 bits per heavy atom. The van der Waals surface area contributed by atoms with Crippen LogP contribution in [0.15, 0.2) is 18.5 Å². The summed E-state index contributed by atoms with van der Waals surface area (Å²) in [5, 5.41) is 3.30. The van der Waals surface area contributed by atoms with E-state index < -0.39 is 9.84 Å². The van der Waals surface area contributed by atoms with Gasteiger partial charge in [0, 0.05) is 25.8 Å². The van der Waals surface area contributed by atoms with E-state index >= 15 is 0 Å². The van der Waals surface area contributed by atoms with Crippen LogP contribution >= 0.6 is 0 Å². The second-order valence-corrected chi connectivity index (χ2v) is 7.08. The van der Waals surface area contributed by atoms with Gasteiger partial charge < -0.3 is 10.2 Å². The number of nitrogens with zero attached hydrogens (tertiary/aromatic N) is 2. The van der Waals surface area contributed by atoms with Crippen molar-refractivity contribution in [3.63, 3.8) is 0 Å². The zero-order valence-corrected chi connectivity index (χ0v) is 12.1. The van der Waals surface area contributed by atoms with Gasteiger partial charge in [-0.2, -0.15) is 0 Å². The number of pyridine rings is 1. The van der Waals surface area contributed by atoms with E-state index in [0.717, 1.165) is 25.3 Å². The molecule has 1 aromatic rings. The number of nitrogens with one attached hydrogen (secondary N) is 1. The number of anilines is 1. The molecule has 0 unspecified atom stereocenters. The second-order valence-electron chi connectivity index (χ2n) is 4.78. The van der Waals surface area contributed by atoms with E-state index in [9.17, 15) is 8.42 Å². The summed E-state index contributed by atoms with van der Waals surface area (Å²) in [5.41, 5.74) is 2.23. The van der Waals surface area contributed by atoms with E-state index in [4.69, 9.17) is 0 Å². The van der Waals surface area contributed by atoms with E-state index in [1.54, 1.807) is 6.20 Å². The Hall–Kier alpha value is -1.14. The molecule has 0 spiro atoms. The normalized spacial score (nSPS) is 19.1. The molecule has 0 radical (unpaired) electrons. The minimum Gasteiger partial charge on any atom is -0.369 e. The van der Waals surface area contributed by atoms with Gasteiger partial charge in [0.2, 0.25) is 0 Å². The fourth-order valence-electron chi connectivity index (χ4n) is 2.29. The predicted molar refractivity (Wildman–Crippen MR) is 77.1 cm³/mol. The van der Waals surface area contributed by atoms with Gasteiger partial charge in [-0.25, -0.2) is 8.42 Å². The molecule has 0 bridgehead atoms. The molecule has 6 heteroatoms. The van der Waals surface area contributed by atoms with Gasteiger partial charge >= 0.3 is 0 Å². The number of hydrogen-bond acceptors (Lipinski definition) is 5. The molecule has 0 aliphatic carbocycles. The fourth-order valence-corrected chi connectivity index (χ4v) is 3.56. The Balaban J connectivity index is 2.16. The highest BCUT2D eigenvalue weighted by atomic mass is 32.2. The van der Waals surface area contributed by atoms with E-state index in [-0.39, 0.29) is 5.75 Å². The zero-order chi connectivity index (χ0) is 13.7. The van der Waals surface area contributed by atoms with Crippen LogP contribution < -0.4 is 10.2 Å². The molecule has 19 heavy (non-hydrogen) atoms. The van der Waals surface area contributed by atoms with E-state index in [0.29, 0.717) is 18.7 Å². The molecule has 1 aliphatic heterocycles. The molecule has 1 N–H and O–H groups in total. The van der Waals surface area contributed by atoms with E-state index in [2.05, 4.69) is 22.1 Å². The number of rotatable bonds is 4. The van der Waals surface area contributed by atoms with Gasteiger partial charge in [0.05, 0.1) is 23.4 Å². The maximum atomic E-state index is 11.6. The van der Waals surface area contributed by atoms with E-state index in [1.165, 1.54) is 5.56 Å². The molecule has 1 saturated heterocycles. The van der Waals surface area contributed by atoms with Crippen molar-refractivity contribution in [1.29, 1.82) is 0 Å². The average molecular weight is 283 g/mol. The molecule has 1 aliphatic rings. The Morgan fingerprint density at radius 1 is 1.37 bits per heavy atom. The lowest BCUT2D eigenvalue weighted by atomic mass is 10.2. The van der Waals surface area contributed by atoms with Crippen molar-refractivity contribution in [1.82, 2.24) is 10.3 Å². The average Bonchev–Trinajstić information content (AvgIpc) is 2.58. The van der Waals surface area contributed by atoms with Gasteiger partial charge in [-0.15, -0.1) is 0 Å². The van der Waals surface area contributed by atoms with Crippen molar-refractivity contribution >= 4 is 15.5 Å². The summed E-state index contributed by atoms with van der Waals surface area (Å²) in [4.78, 5) is 6.32. The third-order valence-electron chi connectivity index (χ3n) is 3.35. The molecule has 1 aromatic heterocycles. The summed E-state index contributed by atoms with van der Waals surface area (Å²) in [6.07, 6.45) is 4.31. The van der Waals surface area contributed by atoms with Gasteiger partial charge in [-0.1, -0.05) is 6.92 Å². The van der Waals surface area contributed by atoms with Crippen molar-refractivity contribution in [2.45, 2.75) is 19.9 Å². The van der Waals surface area contributed by atoms with Gasteiger partial charge in [0.1, 0.15) is 0 Å². The molecule has 1 fully saturated rings. The van der Waals surface area contributed by atoms with Crippen LogP contribution in [0, 0.1) is 0 Å². The van der Waals surface area contributed by atoms with Crippen molar-refractivity contribution in [2.24, 2.45) is 0 Å². The molecular weight excluding hydrogens is 262 g/mol. The Labute approximate surface area is 114 Å². The summed E-state index contributed by atoms with van der Waals surface area (Å²) >= 11 is 0. The lowest BCUT2D eigenvalue weighted by molar-refractivity contribution is 0.597. The third kappa shape index (κ3) is 3.91. The molecule has 0 amide bonds. The van der Waals surface area contributed by atoms with Crippen LogP contribution in [0.3, 0.4) is 0 Å². The minimum absolute atomic E-state index is 0.239. The van der Waals surface area contributed by atoms with Crippen LogP contribution in [-0.4, -0.2) is 44.5 Å². The first kappa shape index (κ1) is 14.3. The van der Waals surface area contributed by atoms with Crippen molar-refractivity contribution < 1.29 is 8.42 Å². The number of hydrogen-bond donors (Lipinski definition) is 1. The van der Waals surface area contributed by atoms with Crippen LogP contribution in [0.25, 0.3) is 0 Å². The molecular formula is C13H21N3O2S. The van der Waals surface area contributed by atoms with E-state index in [1.807, 2.05) is 12.3 Å². The van der Waals surface area contributed by atoms with Crippen molar-refractivity contribution in [2.75, 3.05) is 36.0 Å². The topological polar surface area (TPSA) is 62.3 Å². The lowest BCUT2D eigenvalue weighted by Crippen LogP contribution is -2.28.